The summed E-state index contributed by atoms with van der Waals surface area (Å²) in [7, 11) is 0. The molecule has 4 nitrogen and oxygen atoms in total. The fourth-order valence-corrected chi connectivity index (χ4v) is 5.15. The van der Waals surface area contributed by atoms with Gasteiger partial charge >= 0.3 is 0 Å². The number of carbonyl (C=O) groups is 1. The molecule has 1 fully saturated rings. The lowest BCUT2D eigenvalue weighted by atomic mass is 9.79. The van der Waals surface area contributed by atoms with E-state index in [0.29, 0.717) is 12.3 Å². The van der Waals surface area contributed by atoms with Crippen molar-refractivity contribution < 1.29 is 4.79 Å². The van der Waals surface area contributed by atoms with Crippen molar-refractivity contribution in [1.29, 1.82) is 0 Å². The molecule has 29 heavy (non-hydrogen) atoms. The van der Waals surface area contributed by atoms with Crippen molar-refractivity contribution in [2.24, 2.45) is 0 Å². The fourth-order valence-electron chi connectivity index (χ4n) is 5.02. The second kappa shape index (κ2) is 7.34. The maximum Gasteiger partial charge on any atom is 0.222 e. The van der Waals surface area contributed by atoms with Crippen LogP contribution in [0.1, 0.15) is 43.2 Å². The number of hydrogen-bond acceptors (Lipinski definition) is 2. The van der Waals surface area contributed by atoms with Gasteiger partial charge in [0.25, 0.3) is 0 Å². The van der Waals surface area contributed by atoms with Crippen LogP contribution in [0.5, 0.6) is 0 Å². The highest BCUT2D eigenvalue weighted by Crippen LogP contribution is 2.49. The average molecular weight is 406 g/mol. The fraction of sp³-hybridized carbons (Fsp3) is 0.333. The molecule has 3 aromatic rings. The van der Waals surface area contributed by atoms with E-state index in [4.69, 9.17) is 11.6 Å². The molecule has 3 heterocycles. The number of aromatic nitrogens is 2. The minimum absolute atomic E-state index is 0.290. The van der Waals surface area contributed by atoms with Crippen LogP contribution in [0.4, 0.5) is 0 Å². The number of fused-ring (bicyclic) bond motifs is 3. The van der Waals surface area contributed by atoms with E-state index < -0.39 is 0 Å². The first-order chi connectivity index (χ1) is 14.2. The number of carbonyl (C=O) groups excluding carboxylic acids is 1. The van der Waals surface area contributed by atoms with Crippen LogP contribution < -0.4 is 0 Å². The van der Waals surface area contributed by atoms with Crippen LogP contribution in [0.2, 0.25) is 5.02 Å². The van der Waals surface area contributed by atoms with Crippen LogP contribution in [0.3, 0.4) is 0 Å². The zero-order chi connectivity index (χ0) is 19.8. The van der Waals surface area contributed by atoms with E-state index in [1.807, 2.05) is 23.2 Å². The Balaban J connectivity index is 1.50. The molecule has 5 rings (SSSR count). The van der Waals surface area contributed by atoms with Crippen molar-refractivity contribution in [3.8, 4) is 11.4 Å². The molecular weight excluding hydrogens is 382 g/mol. The third kappa shape index (κ3) is 2.98. The van der Waals surface area contributed by atoms with Gasteiger partial charge in [0.1, 0.15) is 5.82 Å². The lowest BCUT2D eigenvalue weighted by Gasteiger charge is -2.34. The molecule has 2 aromatic carbocycles. The molecule has 0 radical (unpaired) electrons. The quantitative estimate of drug-likeness (QED) is 0.535. The Morgan fingerprint density at radius 1 is 1.07 bits per heavy atom. The molecule has 0 spiro atoms. The highest BCUT2D eigenvalue weighted by molar-refractivity contribution is 6.30. The standard InChI is InChI=1S/C24H24ClN3O/c25-19-11-9-18(10-12-19)24(13-3-4-15-27-16-5-8-22(27)29)21-7-2-1-6-20(21)23-26-14-17-28(23)24/h1-2,6-7,9-12,14,17H,3-5,8,13,15-16H2. The van der Waals surface area contributed by atoms with Gasteiger partial charge in [-0.3, -0.25) is 4.79 Å². The normalized spacial score (nSPS) is 20.2. The third-order valence-electron chi connectivity index (χ3n) is 6.38. The summed E-state index contributed by atoms with van der Waals surface area (Å²) in [5.41, 5.74) is 3.43. The highest BCUT2D eigenvalue weighted by atomic mass is 35.5. The SMILES string of the molecule is O=C1CCCN1CCCCC1(c2ccc(Cl)cc2)c2ccccc2-c2nccn21. The van der Waals surface area contributed by atoms with Crippen LogP contribution in [0, 0.1) is 0 Å². The predicted octanol–water partition coefficient (Wildman–Crippen LogP) is 5.10. The summed E-state index contributed by atoms with van der Waals surface area (Å²) < 4.78 is 2.32. The van der Waals surface area contributed by atoms with E-state index in [0.717, 1.165) is 49.6 Å². The Morgan fingerprint density at radius 3 is 2.69 bits per heavy atom. The molecule has 2 aliphatic rings. The number of hydrogen-bond donors (Lipinski definition) is 0. The number of unbranched alkanes of at least 4 members (excludes halogenated alkanes) is 1. The molecule has 1 unspecified atom stereocenters. The van der Waals surface area contributed by atoms with Gasteiger partial charge in [0.2, 0.25) is 5.91 Å². The van der Waals surface area contributed by atoms with Crippen LogP contribution in [-0.4, -0.2) is 33.4 Å². The zero-order valence-electron chi connectivity index (χ0n) is 16.4. The molecule has 0 N–H and O–H groups in total. The Kier molecular flexibility index (Phi) is 4.67. The van der Waals surface area contributed by atoms with Gasteiger partial charge in [0.05, 0.1) is 5.54 Å². The van der Waals surface area contributed by atoms with Gasteiger partial charge < -0.3 is 9.47 Å². The van der Waals surface area contributed by atoms with Gasteiger partial charge in [-0.25, -0.2) is 4.98 Å². The first kappa shape index (κ1) is 18.4. The molecule has 0 saturated carbocycles. The maximum absolute atomic E-state index is 11.9. The zero-order valence-corrected chi connectivity index (χ0v) is 17.1. The van der Waals surface area contributed by atoms with E-state index in [1.165, 1.54) is 16.7 Å². The molecule has 0 aliphatic carbocycles. The summed E-state index contributed by atoms with van der Waals surface area (Å²) in [6.07, 6.45) is 8.68. The van der Waals surface area contributed by atoms with Crippen LogP contribution in [0.25, 0.3) is 11.4 Å². The van der Waals surface area contributed by atoms with Crippen LogP contribution >= 0.6 is 11.6 Å². The number of halogens is 1. The first-order valence-electron chi connectivity index (χ1n) is 10.4. The summed E-state index contributed by atoms with van der Waals surface area (Å²) in [5.74, 6) is 1.32. The molecule has 1 atom stereocenters. The van der Waals surface area contributed by atoms with Gasteiger partial charge in [0.15, 0.2) is 0 Å². The minimum Gasteiger partial charge on any atom is -0.343 e. The Bertz CT molecular complexity index is 1040. The van der Waals surface area contributed by atoms with Crippen molar-refractivity contribution in [3.05, 3.63) is 77.1 Å². The number of amides is 1. The topological polar surface area (TPSA) is 38.1 Å². The van der Waals surface area contributed by atoms with E-state index >= 15 is 0 Å². The summed E-state index contributed by atoms with van der Waals surface area (Å²) in [6.45, 7) is 1.77. The van der Waals surface area contributed by atoms with Crippen molar-refractivity contribution in [3.63, 3.8) is 0 Å². The maximum atomic E-state index is 11.9. The Hall–Kier alpha value is -2.59. The number of rotatable bonds is 6. The second-order valence-electron chi connectivity index (χ2n) is 7.98. The average Bonchev–Trinajstić information content (AvgIpc) is 3.43. The second-order valence-corrected chi connectivity index (χ2v) is 8.41. The van der Waals surface area contributed by atoms with Crippen molar-refractivity contribution in [2.75, 3.05) is 13.1 Å². The lowest BCUT2D eigenvalue weighted by Crippen LogP contribution is -2.33. The molecular formula is C24H24ClN3O. The molecule has 0 bridgehead atoms. The summed E-state index contributed by atoms with van der Waals surface area (Å²) in [5, 5.41) is 0.744. The van der Waals surface area contributed by atoms with Gasteiger partial charge in [-0.1, -0.05) is 48.0 Å². The predicted molar refractivity (Wildman–Crippen MR) is 115 cm³/mol. The van der Waals surface area contributed by atoms with Gasteiger partial charge in [-0.2, -0.15) is 0 Å². The number of imidazole rings is 1. The Labute approximate surface area is 176 Å². The first-order valence-corrected chi connectivity index (χ1v) is 10.8. The van der Waals surface area contributed by atoms with E-state index in [2.05, 4.69) is 52.1 Å². The summed E-state index contributed by atoms with van der Waals surface area (Å²) >= 11 is 6.20. The number of nitrogens with zero attached hydrogens (tertiary/aromatic N) is 3. The van der Waals surface area contributed by atoms with Gasteiger partial charge in [0, 0.05) is 42.5 Å². The summed E-state index contributed by atoms with van der Waals surface area (Å²) in [6, 6.07) is 16.8. The van der Waals surface area contributed by atoms with Gasteiger partial charge in [-0.15, -0.1) is 0 Å². The van der Waals surface area contributed by atoms with Crippen molar-refractivity contribution in [1.82, 2.24) is 14.5 Å². The lowest BCUT2D eigenvalue weighted by molar-refractivity contribution is -0.127. The molecule has 2 aliphatic heterocycles. The monoisotopic (exact) mass is 405 g/mol. The Morgan fingerprint density at radius 2 is 1.90 bits per heavy atom. The number of benzene rings is 2. The van der Waals surface area contributed by atoms with Crippen LogP contribution in [-0.2, 0) is 10.3 Å². The third-order valence-corrected chi connectivity index (χ3v) is 6.63. The summed E-state index contributed by atoms with van der Waals surface area (Å²) in [4.78, 5) is 18.6. The van der Waals surface area contributed by atoms with E-state index in [9.17, 15) is 4.79 Å². The largest absolute Gasteiger partial charge is 0.343 e. The van der Waals surface area contributed by atoms with Crippen molar-refractivity contribution in [2.45, 2.75) is 37.6 Å². The number of likely N-dealkylation sites (tertiary alicyclic amines) is 1. The smallest absolute Gasteiger partial charge is 0.222 e. The molecule has 5 heteroatoms. The molecule has 1 amide bonds. The molecule has 1 saturated heterocycles. The van der Waals surface area contributed by atoms with E-state index in [1.54, 1.807) is 0 Å². The molecule has 1 aromatic heterocycles. The van der Waals surface area contributed by atoms with Crippen LogP contribution in [0.15, 0.2) is 60.9 Å². The minimum atomic E-state index is -0.290. The highest BCUT2D eigenvalue weighted by Gasteiger charge is 2.44. The van der Waals surface area contributed by atoms with E-state index in [-0.39, 0.29) is 5.54 Å². The van der Waals surface area contributed by atoms with Crippen molar-refractivity contribution >= 4 is 17.5 Å². The van der Waals surface area contributed by atoms with Gasteiger partial charge in [-0.05, 0) is 48.9 Å². The molecule has 148 valence electrons.